The molecule has 1 heterocycles. The number of rotatable bonds is 7. The van der Waals surface area contributed by atoms with E-state index < -0.39 is 0 Å². The number of thioether (sulfide) groups is 1. The highest BCUT2D eigenvalue weighted by molar-refractivity contribution is 8.00. The van der Waals surface area contributed by atoms with Gasteiger partial charge in [-0.3, -0.25) is 4.90 Å². The highest BCUT2D eigenvalue weighted by atomic mass is 32.2. The van der Waals surface area contributed by atoms with Gasteiger partial charge in [0.2, 0.25) is 0 Å². The summed E-state index contributed by atoms with van der Waals surface area (Å²) in [4.78, 5) is 2.52. The molecule has 0 aliphatic carbocycles. The van der Waals surface area contributed by atoms with E-state index in [0.717, 1.165) is 32.8 Å². The Morgan fingerprint density at radius 1 is 1.50 bits per heavy atom. The molecule has 0 aromatic heterocycles. The lowest BCUT2D eigenvalue weighted by atomic mass is 9.90. The maximum absolute atomic E-state index is 6.04. The third-order valence-corrected chi connectivity index (χ3v) is 5.11. The molecule has 1 fully saturated rings. The summed E-state index contributed by atoms with van der Waals surface area (Å²) in [5.74, 6) is 1.24. The van der Waals surface area contributed by atoms with Gasteiger partial charge in [0.25, 0.3) is 0 Å². The summed E-state index contributed by atoms with van der Waals surface area (Å²) < 4.78 is 5.46. The van der Waals surface area contributed by atoms with E-state index in [-0.39, 0.29) is 5.54 Å². The summed E-state index contributed by atoms with van der Waals surface area (Å²) in [5.41, 5.74) is 6.25. The molecule has 2 unspecified atom stereocenters. The molecule has 1 aliphatic heterocycles. The van der Waals surface area contributed by atoms with Crippen LogP contribution in [0.2, 0.25) is 0 Å². The molecule has 0 aromatic carbocycles. The SMILES string of the molecule is CCOCCN(CC)C1(CN)CCSC1C. The fourth-order valence-electron chi connectivity index (χ4n) is 2.60. The van der Waals surface area contributed by atoms with Crippen molar-refractivity contribution in [2.24, 2.45) is 5.73 Å². The second kappa shape index (κ2) is 6.84. The maximum atomic E-state index is 6.04. The van der Waals surface area contributed by atoms with Gasteiger partial charge in [0.1, 0.15) is 0 Å². The first-order chi connectivity index (χ1) is 7.71. The standard InChI is InChI=1S/C12H26N2OS/c1-4-14(7-8-15-5-2)12(10-13)6-9-16-11(12)3/h11H,4-10,13H2,1-3H3. The maximum Gasteiger partial charge on any atom is 0.0593 e. The fraction of sp³-hybridized carbons (Fsp3) is 1.00. The first-order valence-corrected chi connectivity index (χ1v) is 7.40. The summed E-state index contributed by atoms with van der Waals surface area (Å²) >= 11 is 2.05. The molecule has 2 N–H and O–H groups in total. The van der Waals surface area contributed by atoms with Gasteiger partial charge >= 0.3 is 0 Å². The first-order valence-electron chi connectivity index (χ1n) is 6.35. The number of likely N-dealkylation sites (N-methyl/N-ethyl adjacent to an activating group) is 1. The van der Waals surface area contributed by atoms with Gasteiger partial charge in [-0.1, -0.05) is 13.8 Å². The molecule has 4 heteroatoms. The monoisotopic (exact) mass is 246 g/mol. The lowest BCUT2D eigenvalue weighted by Crippen LogP contribution is -2.58. The summed E-state index contributed by atoms with van der Waals surface area (Å²) in [6.07, 6.45) is 1.22. The Kier molecular flexibility index (Phi) is 6.11. The predicted molar refractivity (Wildman–Crippen MR) is 72.1 cm³/mol. The Morgan fingerprint density at radius 3 is 2.69 bits per heavy atom. The van der Waals surface area contributed by atoms with Crippen LogP contribution in [0.3, 0.4) is 0 Å². The van der Waals surface area contributed by atoms with E-state index >= 15 is 0 Å². The quantitative estimate of drug-likeness (QED) is 0.692. The van der Waals surface area contributed by atoms with Crippen LogP contribution in [0.25, 0.3) is 0 Å². The van der Waals surface area contributed by atoms with Crippen LogP contribution in [0.1, 0.15) is 27.2 Å². The molecule has 0 aromatic rings. The minimum atomic E-state index is 0.205. The molecule has 1 rings (SSSR count). The molecule has 0 radical (unpaired) electrons. The summed E-state index contributed by atoms with van der Waals surface area (Å²) in [6, 6.07) is 0. The Hall–Kier alpha value is 0.230. The van der Waals surface area contributed by atoms with Gasteiger partial charge in [-0.15, -0.1) is 0 Å². The molecule has 2 atom stereocenters. The number of hydrogen-bond donors (Lipinski definition) is 1. The predicted octanol–water partition coefficient (Wildman–Crippen LogP) is 1.57. The molecule has 0 amide bonds. The van der Waals surface area contributed by atoms with Crippen LogP contribution in [0.15, 0.2) is 0 Å². The van der Waals surface area contributed by atoms with Crippen molar-refractivity contribution in [1.29, 1.82) is 0 Å². The Bertz CT molecular complexity index is 203. The minimum absolute atomic E-state index is 0.205. The van der Waals surface area contributed by atoms with E-state index in [0.29, 0.717) is 5.25 Å². The van der Waals surface area contributed by atoms with E-state index in [1.54, 1.807) is 0 Å². The Morgan fingerprint density at radius 2 is 2.25 bits per heavy atom. The van der Waals surface area contributed by atoms with Gasteiger partial charge in [-0.25, -0.2) is 0 Å². The van der Waals surface area contributed by atoms with Gasteiger partial charge in [-0.05, 0) is 25.6 Å². The number of nitrogens with zero attached hydrogens (tertiary/aromatic N) is 1. The molecule has 0 saturated carbocycles. The van der Waals surface area contributed by atoms with Crippen molar-refractivity contribution >= 4 is 11.8 Å². The van der Waals surface area contributed by atoms with Crippen molar-refractivity contribution in [2.75, 3.05) is 38.6 Å². The van der Waals surface area contributed by atoms with Crippen LogP contribution >= 0.6 is 11.8 Å². The van der Waals surface area contributed by atoms with Gasteiger partial charge < -0.3 is 10.5 Å². The summed E-state index contributed by atoms with van der Waals surface area (Å²) in [6.45, 7) is 11.0. The molecule has 1 aliphatic rings. The van der Waals surface area contributed by atoms with Crippen molar-refractivity contribution in [2.45, 2.75) is 38.0 Å². The fourth-order valence-corrected chi connectivity index (χ4v) is 4.10. The van der Waals surface area contributed by atoms with E-state index in [1.165, 1.54) is 12.2 Å². The third-order valence-electron chi connectivity index (χ3n) is 3.73. The lowest BCUT2D eigenvalue weighted by Gasteiger charge is -2.42. The van der Waals surface area contributed by atoms with Gasteiger partial charge in [0, 0.05) is 30.5 Å². The molecular formula is C12H26N2OS. The number of hydrogen-bond acceptors (Lipinski definition) is 4. The Labute approximate surface area is 104 Å². The second-order valence-corrected chi connectivity index (χ2v) is 5.80. The summed E-state index contributed by atoms with van der Waals surface area (Å²) in [7, 11) is 0. The van der Waals surface area contributed by atoms with Crippen LogP contribution in [-0.4, -0.2) is 54.3 Å². The van der Waals surface area contributed by atoms with Crippen molar-refractivity contribution in [3.63, 3.8) is 0 Å². The average Bonchev–Trinajstić information content (AvgIpc) is 2.67. The molecule has 1 saturated heterocycles. The summed E-state index contributed by atoms with van der Waals surface area (Å²) in [5, 5.41) is 0.638. The number of nitrogens with two attached hydrogens (primary N) is 1. The zero-order chi connectivity index (χ0) is 12.0. The van der Waals surface area contributed by atoms with Crippen LogP contribution in [0.4, 0.5) is 0 Å². The van der Waals surface area contributed by atoms with Crippen LogP contribution in [0, 0.1) is 0 Å². The molecule has 0 spiro atoms. The lowest BCUT2D eigenvalue weighted by molar-refractivity contribution is 0.0541. The van der Waals surface area contributed by atoms with E-state index in [1.807, 2.05) is 18.7 Å². The zero-order valence-corrected chi connectivity index (χ0v) is 11.7. The normalized spacial score (nSPS) is 30.2. The highest BCUT2D eigenvalue weighted by Gasteiger charge is 2.43. The van der Waals surface area contributed by atoms with Gasteiger partial charge in [0.15, 0.2) is 0 Å². The minimum Gasteiger partial charge on any atom is -0.380 e. The Balaban J connectivity index is 2.60. The highest BCUT2D eigenvalue weighted by Crippen LogP contribution is 2.39. The van der Waals surface area contributed by atoms with Crippen LogP contribution in [-0.2, 0) is 4.74 Å². The van der Waals surface area contributed by atoms with E-state index in [2.05, 4.69) is 18.7 Å². The molecule has 3 nitrogen and oxygen atoms in total. The van der Waals surface area contributed by atoms with E-state index in [4.69, 9.17) is 10.5 Å². The average molecular weight is 246 g/mol. The molecule has 0 bridgehead atoms. The van der Waals surface area contributed by atoms with Crippen molar-refractivity contribution in [1.82, 2.24) is 4.90 Å². The molecule has 96 valence electrons. The second-order valence-electron chi connectivity index (χ2n) is 4.35. The van der Waals surface area contributed by atoms with Gasteiger partial charge in [-0.2, -0.15) is 11.8 Å². The van der Waals surface area contributed by atoms with Crippen molar-refractivity contribution in [3.05, 3.63) is 0 Å². The molecular weight excluding hydrogens is 220 g/mol. The third kappa shape index (κ3) is 2.92. The van der Waals surface area contributed by atoms with E-state index in [9.17, 15) is 0 Å². The van der Waals surface area contributed by atoms with Crippen LogP contribution < -0.4 is 5.73 Å². The van der Waals surface area contributed by atoms with Gasteiger partial charge in [0.05, 0.1) is 6.61 Å². The van der Waals surface area contributed by atoms with Crippen LogP contribution in [0.5, 0.6) is 0 Å². The first kappa shape index (κ1) is 14.3. The zero-order valence-electron chi connectivity index (χ0n) is 10.9. The largest absolute Gasteiger partial charge is 0.380 e. The van der Waals surface area contributed by atoms with Crippen molar-refractivity contribution < 1.29 is 4.74 Å². The number of ether oxygens (including phenoxy) is 1. The smallest absolute Gasteiger partial charge is 0.0593 e. The van der Waals surface area contributed by atoms with Crippen molar-refractivity contribution in [3.8, 4) is 0 Å². The molecule has 16 heavy (non-hydrogen) atoms. The topological polar surface area (TPSA) is 38.5 Å².